The fraction of sp³-hybridized carbons (Fsp3) is 0.290. The molecule has 2 bridgehead atoms. The average molecular weight is 525 g/mol. The van der Waals surface area contributed by atoms with E-state index in [1.807, 2.05) is 51.9 Å². The molecule has 38 heavy (non-hydrogen) atoms. The number of halogens is 1. The maximum atomic E-state index is 14.0. The molecule has 0 unspecified atom stereocenters. The van der Waals surface area contributed by atoms with Crippen LogP contribution in [0.15, 0.2) is 71.7 Å². The van der Waals surface area contributed by atoms with Crippen LogP contribution in [0.3, 0.4) is 0 Å². The second-order valence-corrected chi connectivity index (χ2v) is 11.2. The summed E-state index contributed by atoms with van der Waals surface area (Å²) in [7, 11) is 0. The molecule has 3 aliphatic rings. The summed E-state index contributed by atoms with van der Waals surface area (Å²) in [6.45, 7) is 5.92. The van der Waals surface area contributed by atoms with Crippen molar-refractivity contribution >= 4 is 45.7 Å². The summed E-state index contributed by atoms with van der Waals surface area (Å²) in [5.74, 6) is 0.694. The highest BCUT2D eigenvalue weighted by molar-refractivity contribution is 6.37. The molecule has 1 saturated heterocycles. The average Bonchev–Trinajstić information content (AvgIpc) is 3.40. The Bertz CT molecular complexity index is 1680. The normalized spacial score (nSPS) is 21.8. The lowest BCUT2D eigenvalue weighted by molar-refractivity contribution is -0.113. The van der Waals surface area contributed by atoms with E-state index in [-0.39, 0.29) is 11.5 Å². The lowest BCUT2D eigenvalue weighted by Crippen LogP contribution is -2.50. The maximum absolute atomic E-state index is 14.0. The van der Waals surface area contributed by atoms with Crippen LogP contribution in [-0.4, -0.2) is 39.7 Å². The van der Waals surface area contributed by atoms with Crippen molar-refractivity contribution in [3.8, 4) is 0 Å². The van der Waals surface area contributed by atoms with Crippen LogP contribution in [0.1, 0.15) is 36.1 Å². The van der Waals surface area contributed by atoms with E-state index in [2.05, 4.69) is 40.8 Å². The number of likely N-dealkylation sites (tertiary alicyclic amines) is 1. The molecule has 2 atom stereocenters. The van der Waals surface area contributed by atoms with Gasteiger partial charge in [0.2, 0.25) is 0 Å². The lowest BCUT2D eigenvalue weighted by Gasteiger charge is -2.43. The number of nitrogens with zero attached hydrogens (tertiary/aromatic N) is 4. The predicted molar refractivity (Wildman–Crippen MR) is 152 cm³/mol. The zero-order chi connectivity index (χ0) is 26.0. The van der Waals surface area contributed by atoms with E-state index in [1.165, 1.54) is 5.52 Å². The van der Waals surface area contributed by atoms with Crippen molar-refractivity contribution in [2.75, 3.05) is 24.7 Å². The molecule has 6 nitrogen and oxygen atoms in total. The van der Waals surface area contributed by atoms with Gasteiger partial charge in [-0.1, -0.05) is 41.9 Å². The van der Waals surface area contributed by atoms with Crippen LogP contribution in [0.2, 0.25) is 5.02 Å². The first kappa shape index (κ1) is 23.5. The van der Waals surface area contributed by atoms with Crippen molar-refractivity contribution in [1.82, 2.24) is 14.0 Å². The number of hydrogen-bond donors (Lipinski definition) is 0. The number of anilines is 1. The molecule has 0 saturated carbocycles. The van der Waals surface area contributed by atoms with Crippen LogP contribution in [0.4, 0.5) is 5.69 Å². The van der Waals surface area contributed by atoms with Crippen LogP contribution >= 0.6 is 11.6 Å². The first-order valence-electron chi connectivity index (χ1n) is 13.3. The van der Waals surface area contributed by atoms with Gasteiger partial charge < -0.3 is 9.13 Å². The number of carbonyl (C=O) groups is 1. The number of piperidine rings is 1. The summed E-state index contributed by atoms with van der Waals surface area (Å²) in [6, 6.07) is 19.7. The van der Waals surface area contributed by atoms with Gasteiger partial charge in [0.15, 0.2) is 0 Å². The van der Waals surface area contributed by atoms with E-state index < -0.39 is 0 Å². The molecular formula is C31H29ClN4O2. The van der Waals surface area contributed by atoms with Gasteiger partial charge in [-0.25, -0.2) is 0 Å². The Morgan fingerprint density at radius 2 is 1.87 bits per heavy atom. The van der Waals surface area contributed by atoms with E-state index in [0.29, 0.717) is 29.1 Å². The van der Waals surface area contributed by atoms with E-state index >= 15 is 0 Å². The van der Waals surface area contributed by atoms with Gasteiger partial charge in [0, 0.05) is 82.7 Å². The molecule has 0 aliphatic carbocycles. The molecule has 7 rings (SSSR count). The third-order valence-corrected chi connectivity index (χ3v) is 8.61. The molecule has 2 aromatic carbocycles. The molecule has 0 N–H and O–H groups in total. The zero-order valence-electron chi connectivity index (χ0n) is 21.3. The molecular weight excluding hydrogens is 496 g/mol. The van der Waals surface area contributed by atoms with Gasteiger partial charge in [0.25, 0.3) is 11.5 Å². The van der Waals surface area contributed by atoms with Crippen molar-refractivity contribution in [2.24, 2.45) is 5.92 Å². The SMILES string of the molecule is CCn1cc(C=C2C(=O)N(CN3C[C@H]4C[C@H](C3)c3cccc(=O)n3C4)c3cc(Cl)ccc32)c2ccccc21. The Morgan fingerprint density at radius 3 is 2.74 bits per heavy atom. The Morgan fingerprint density at radius 1 is 1.00 bits per heavy atom. The van der Waals surface area contributed by atoms with Gasteiger partial charge >= 0.3 is 0 Å². The number of benzene rings is 2. The minimum atomic E-state index is 0.00273. The summed E-state index contributed by atoms with van der Waals surface area (Å²) in [5.41, 5.74) is 5.89. The maximum Gasteiger partial charge on any atom is 0.260 e. The highest BCUT2D eigenvalue weighted by Gasteiger charge is 2.38. The molecule has 3 aliphatic heterocycles. The van der Waals surface area contributed by atoms with Gasteiger partial charge in [0.05, 0.1) is 12.4 Å². The number of aryl methyl sites for hydroxylation is 1. The number of para-hydroxylation sites is 1. The molecule has 192 valence electrons. The zero-order valence-corrected chi connectivity index (χ0v) is 22.1. The Balaban J connectivity index is 1.23. The molecule has 4 aromatic rings. The number of aromatic nitrogens is 2. The number of fused-ring (bicyclic) bond motifs is 6. The van der Waals surface area contributed by atoms with Gasteiger partial charge in [0.1, 0.15) is 0 Å². The van der Waals surface area contributed by atoms with Crippen molar-refractivity contribution < 1.29 is 4.79 Å². The van der Waals surface area contributed by atoms with Crippen LogP contribution in [0.25, 0.3) is 22.6 Å². The van der Waals surface area contributed by atoms with E-state index in [4.69, 9.17) is 11.6 Å². The standard InChI is InChI=1S/C31H29ClN4O2/c1-2-34-18-21(24-6-3-4-7-28(24)34)13-26-25-11-10-23(32)14-29(25)36(31(26)38)19-33-15-20-12-22(17-33)27-8-5-9-30(37)35(27)16-20/h3-11,13-14,18,20,22H,2,12,15-17,19H2,1H3/t20-,22-/m1/s1. The Labute approximate surface area is 226 Å². The number of pyridine rings is 1. The Hall–Kier alpha value is -3.61. The molecule has 1 fully saturated rings. The molecule has 7 heteroatoms. The quantitative estimate of drug-likeness (QED) is 0.334. The summed E-state index contributed by atoms with van der Waals surface area (Å²) < 4.78 is 4.16. The van der Waals surface area contributed by atoms with E-state index in [1.54, 1.807) is 6.07 Å². The third-order valence-electron chi connectivity index (χ3n) is 8.37. The fourth-order valence-corrected chi connectivity index (χ4v) is 6.89. The highest BCUT2D eigenvalue weighted by atomic mass is 35.5. The summed E-state index contributed by atoms with van der Waals surface area (Å²) in [6.07, 6.45) is 5.26. The van der Waals surface area contributed by atoms with Crippen molar-refractivity contribution in [1.29, 1.82) is 0 Å². The number of rotatable bonds is 4. The van der Waals surface area contributed by atoms with Crippen LogP contribution in [0.5, 0.6) is 0 Å². The molecule has 1 amide bonds. The van der Waals surface area contributed by atoms with Crippen LogP contribution in [-0.2, 0) is 17.9 Å². The summed E-state index contributed by atoms with van der Waals surface area (Å²) in [5, 5.41) is 1.76. The predicted octanol–water partition coefficient (Wildman–Crippen LogP) is 5.44. The first-order chi connectivity index (χ1) is 18.5. The minimum absolute atomic E-state index is 0.00273. The fourth-order valence-electron chi connectivity index (χ4n) is 6.72. The molecule has 5 heterocycles. The summed E-state index contributed by atoms with van der Waals surface area (Å²) >= 11 is 6.43. The van der Waals surface area contributed by atoms with Crippen LogP contribution in [0, 0.1) is 5.92 Å². The minimum Gasteiger partial charge on any atom is -0.347 e. The molecule has 0 spiro atoms. The lowest BCUT2D eigenvalue weighted by atomic mass is 9.83. The van der Waals surface area contributed by atoms with Gasteiger partial charge in [-0.05, 0) is 49.6 Å². The number of amides is 1. The summed E-state index contributed by atoms with van der Waals surface area (Å²) in [4.78, 5) is 30.7. The smallest absolute Gasteiger partial charge is 0.260 e. The first-order valence-corrected chi connectivity index (χ1v) is 13.7. The van der Waals surface area contributed by atoms with Gasteiger partial charge in [-0.3, -0.25) is 19.4 Å². The van der Waals surface area contributed by atoms with Crippen molar-refractivity contribution in [2.45, 2.75) is 32.4 Å². The van der Waals surface area contributed by atoms with E-state index in [0.717, 1.165) is 60.5 Å². The third kappa shape index (κ3) is 3.74. The van der Waals surface area contributed by atoms with Gasteiger partial charge in [-0.2, -0.15) is 0 Å². The monoisotopic (exact) mass is 524 g/mol. The number of hydrogen-bond acceptors (Lipinski definition) is 3. The second kappa shape index (κ2) is 9.00. The van der Waals surface area contributed by atoms with Crippen molar-refractivity contribution in [3.63, 3.8) is 0 Å². The highest BCUT2D eigenvalue weighted by Crippen LogP contribution is 2.41. The van der Waals surface area contributed by atoms with E-state index in [9.17, 15) is 9.59 Å². The Kier molecular flexibility index (Phi) is 5.57. The molecule has 0 radical (unpaired) electrons. The molecule has 2 aromatic heterocycles. The topological polar surface area (TPSA) is 50.5 Å². The van der Waals surface area contributed by atoms with Crippen LogP contribution < -0.4 is 10.5 Å². The largest absolute Gasteiger partial charge is 0.347 e. The number of carbonyl (C=O) groups excluding carboxylic acids is 1. The van der Waals surface area contributed by atoms with Gasteiger partial charge in [-0.15, -0.1) is 0 Å². The van der Waals surface area contributed by atoms with Crippen molar-refractivity contribution in [3.05, 3.63) is 99.1 Å². The second-order valence-electron chi connectivity index (χ2n) is 10.7.